The third-order valence-electron chi connectivity index (χ3n) is 3.10. The number of aromatic hydroxyl groups is 1. The van der Waals surface area contributed by atoms with Gasteiger partial charge in [0.25, 0.3) is 5.69 Å². The lowest BCUT2D eigenvalue weighted by atomic mass is 10.0. The highest BCUT2D eigenvalue weighted by Gasteiger charge is 2.34. The zero-order valence-electron chi connectivity index (χ0n) is 12.0. The summed E-state index contributed by atoms with van der Waals surface area (Å²) in [5, 5.41) is 23.6. The Labute approximate surface area is 138 Å². The first kappa shape index (κ1) is 17.7. The highest BCUT2D eigenvalue weighted by Crippen LogP contribution is 2.45. The van der Waals surface area contributed by atoms with E-state index in [1.165, 1.54) is 13.1 Å². The van der Waals surface area contributed by atoms with Crippen LogP contribution in [0.1, 0.15) is 11.3 Å². The van der Waals surface area contributed by atoms with Crippen LogP contribution in [0.4, 0.5) is 24.7 Å². The Balaban J connectivity index is 2.77. The zero-order chi connectivity index (χ0) is 18.1. The minimum Gasteiger partial charge on any atom is -0.504 e. The monoisotopic (exact) mass is 362 g/mol. The van der Waals surface area contributed by atoms with Crippen molar-refractivity contribution in [3.63, 3.8) is 0 Å². The van der Waals surface area contributed by atoms with Gasteiger partial charge in [-0.15, -0.1) is 0 Å². The van der Waals surface area contributed by atoms with E-state index in [1.54, 1.807) is 0 Å². The first-order valence-corrected chi connectivity index (χ1v) is 6.80. The van der Waals surface area contributed by atoms with E-state index in [4.69, 9.17) is 16.0 Å². The molecule has 128 valence electrons. The Morgan fingerprint density at radius 2 is 2.04 bits per heavy atom. The SMILES string of the molecule is CNc1oc(C=CCl)c(O)c1-c1cc([N+](=O)[O-])cc(C(F)(F)F)c1. The van der Waals surface area contributed by atoms with Gasteiger partial charge in [-0.3, -0.25) is 10.1 Å². The number of nitrogens with one attached hydrogen (secondary N) is 1. The van der Waals surface area contributed by atoms with E-state index in [0.29, 0.717) is 12.1 Å². The second-order valence-electron chi connectivity index (χ2n) is 4.59. The zero-order valence-corrected chi connectivity index (χ0v) is 12.8. The molecule has 0 bridgehead atoms. The number of rotatable bonds is 4. The quantitative estimate of drug-likeness (QED) is 0.600. The molecule has 0 atom stereocenters. The summed E-state index contributed by atoms with van der Waals surface area (Å²) < 4.78 is 44.2. The van der Waals surface area contributed by atoms with Gasteiger partial charge in [0.1, 0.15) is 0 Å². The molecular formula is C14H10ClF3N2O4. The molecule has 0 fully saturated rings. The van der Waals surface area contributed by atoms with Crippen LogP contribution < -0.4 is 5.32 Å². The number of non-ortho nitro benzene ring substituents is 1. The summed E-state index contributed by atoms with van der Waals surface area (Å²) in [6.07, 6.45) is -3.61. The lowest BCUT2D eigenvalue weighted by Crippen LogP contribution is -2.06. The van der Waals surface area contributed by atoms with E-state index in [9.17, 15) is 28.4 Å². The van der Waals surface area contributed by atoms with Gasteiger partial charge in [0.15, 0.2) is 11.5 Å². The van der Waals surface area contributed by atoms with Crippen LogP contribution in [0.3, 0.4) is 0 Å². The second kappa shape index (κ2) is 6.44. The molecule has 0 aliphatic rings. The second-order valence-corrected chi connectivity index (χ2v) is 4.84. The number of nitrogens with zero attached hydrogens (tertiary/aromatic N) is 1. The van der Waals surface area contributed by atoms with E-state index in [2.05, 4.69) is 5.32 Å². The van der Waals surface area contributed by atoms with E-state index in [1.807, 2.05) is 0 Å². The van der Waals surface area contributed by atoms with Gasteiger partial charge < -0.3 is 14.8 Å². The molecule has 6 nitrogen and oxygen atoms in total. The summed E-state index contributed by atoms with van der Waals surface area (Å²) in [6.45, 7) is 0. The van der Waals surface area contributed by atoms with Gasteiger partial charge in [-0.05, 0) is 17.7 Å². The average molecular weight is 363 g/mol. The smallest absolute Gasteiger partial charge is 0.416 e. The van der Waals surface area contributed by atoms with Crippen molar-refractivity contribution in [3.8, 4) is 16.9 Å². The molecule has 0 aliphatic carbocycles. The molecule has 0 saturated carbocycles. The van der Waals surface area contributed by atoms with Gasteiger partial charge in [0.05, 0.1) is 16.1 Å². The molecule has 2 aromatic rings. The van der Waals surface area contributed by atoms with Crippen molar-refractivity contribution in [2.75, 3.05) is 12.4 Å². The fourth-order valence-corrected chi connectivity index (χ4v) is 2.19. The predicted octanol–water partition coefficient (Wildman–Crippen LogP) is 4.83. The number of nitro benzene ring substituents is 1. The number of hydrogen-bond acceptors (Lipinski definition) is 5. The van der Waals surface area contributed by atoms with E-state index in [0.717, 1.165) is 11.6 Å². The van der Waals surface area contributed by atoms with Crippen LogP contribution >= 0.6 is 11.6 Å². The number of benzene rings is 1. The first-order valence-electron chi connectivity index (χ1n) is 6.36. The molecule has 2 N–H and O–H groups in total. The minimum atomic E-state index is -4.79. The maximum atomic E-state index is 13.0. The fourth-order valence-electron chi connectivity index (χ4n) is 2.08. The Morgan fingerprint density at radius 1 is 1.38 bits per heavy atom. The fraction of sp³-hybridized carbons (Fsp3) is 0.143. The van der Waals surface area contributed by atoms with Crippen molar-refractivity contribution in [1.29, 1.82) is 0 Å². The molecular weight excluding hydrogens is 353 g/mol. The Hall–Kier alpha value is -2.68. The molecule has 10 heteroatoms. The summed E-state index contributed by atoms with van der Waals surface area (Å²) in [5.74, 6) is -0.667. The predicted molar refractivity (Wildman–Crippen MR) is 81.9 cm³/mol. The van der Waals surface area contributed by atoms with Gasteiger partial charge in [-0.25, -0.2) is 0 Å². The van der Waals surface area contributed by atoms with Crippen molar-refractivity contribution in [2.45, 2.75) is 6.18 Å². The third-order valence-corrected chi connectivity index (χ3v) is 3.22. The number of anilines is 1. The van der Waals surface area contributed by atoms with Gasteiger partial charge in [-0.2, -0.15) is 13.2 Å². The lowest BCUT2D eigenvalue weighted by Gasteiger charge is -2.09. The Bertz CT molecular complexity index is 815. The average Bonchev–Trinajstić information content (AvgIpc) is 2.82. The molecule has 24 heavy (non-hydrogen) atoms. The van der Waals surface area contributed by atoms with Crippen LogP contribution in [0.25, 0.3) is 17.2 Å². The number of furan rings is 1. The minimum absolute atomic E-state index is 0.0640. The number of hydrogen-bond donors (Lipinski definition) is 2. The van der Waals surface area contributed by atoms with Gasteiger partial charge in [0.2, 0.25) is 5.88 Å². The normalized spacial score (nSPS) is 11.9. The maximum absolute atomic E-state index is 13.0. The summed E-state index contributed by atoms with van der Waals surface area (Å²) in [5.41, 5.74) is -1.32. The van der Waals surface area contributed by atoms with E-state index in [-0.39, 0.29) is 22.8 Å². The Kier molecular flexibility index (Phi) is 4.74. The number of halogens is 4. The van der Waals surface area contributed by atoms with Crippen LogP contribution in [0.5, 0.6) is 5.75 Å². The molecule has 2 rings (SSSR count). The van der Waals surface area contributed by atoms with Crippen molar-refractivity contribution in [2.24, 2.45) is 0 Å². The molecule has 0 unspecified atom stereocenters. The van der Waals surface area contributed by atoms with Crippen LogP contribution in [-0.2, 0) is 6.18 Å². The van der Waals surface area contributed by atoms with Crippen LogP contribution in [-0.4, -0.2) is 17.1 Å². The Morgan fingerprint density at radius 3 is 2.54 bits per heavy atom. The highest BCUT2D eigenvalue weighted by molar-refractivity contribution is 6.27. The molecule has 0 saturated heterocycles. The molecule has 0 amide bonds. The van der Waals surface area contributed by atoms with E-state index >= 15 is 0 Å². The largest absolute Gasteiger partial charge is 0.504 e. The third kappa shape index (κ3) is 3.30. The lowest BCUT2D eigenvalue weighted by molar-refractivity contribution is -0.385. The molecule has 0 spiro atoms. The van der Waals surface area contributed by atoms with Crippen molar-refractivity contribution < 1.29 is 27.6 Å². The van der Waals surface area contributed by atoms with E-state index < -0.39 is 28.1 Å². The molecule has 1 aromatic carbocycles. The summed E-state index contributed by atoms with van der Waals surface area (Å²) in [4.78, 5) is 9.97. The molecule has 0 radical (unpaired) electrons. The maximum Gasteiger partial charge on any atom is 0.416 e. The summed E-state index contributed by atoms with van der Waals surface area (Å²) >= 11 is 5.40. The topological polar surface area (TPSA) is 88.5 Å². The van der Waals surface area contributed by atoms with Crippen molar-refractivity contribution in [1.82, 2.24) is 0 Å². The van der Waals surface area contributed by atoms with Crippen LogP contribution in [0.2, 0.25) is 0 Å². The van der Waals surface area contributed by atoms with Crippen LogP contribution in [0.15, 0.2) is 28.2 Å². The first-order chi connectivity index (χ1) is 11.2. The highest BCUT2D eigenvalue weighted by atomic mass is 35.5. The van der Waals surface area contributed by atoms with Gasteiger partial charge >= 0.3 is 6.18 Å². The summed E-state index contributed by atoms with van der Waals surface area (Å²) in [7, 11) is 1.41. The number of nitro groups is 1. The molecule has 1 heterocycles. The van der Waals surface area contributed by atoms with Crippen molar-refractivity contribution in [3.05, 3.63) is 45.2 Å². The standard InChI is InChI=1S/C14H10ClF3N2O4/c1-19-13-11(12(21)10(24-13)2-3-15)7-4-8(14(16,17)18)6-9(5-7)20(22)23/h2-6,19,21H,1H3. The molecule has 0 aliphatic heterocycles. The van der Waals surface area contributed by atoms with Crippen molar-refractivity contribution >= 4 is 29.2 Å². The number of alkyl halides is 3. The van der Waals surface area contributed by atoms with Gasteiger partial charge in [-0.1, -0.05) is 11.6 Å². The van der Waals surface area contributed by atoms with Crippen LogP contribution in [0, 0.1) is 10.1 Å². The summed E-state index contributed by atoms with van der Waals surface area (Å²) in [6, 6.07) is 2.01. The molecule has 1 aromatic heterocycles. The van der Waals surface area contributed by atoms with Gasteiger partial charge in [0, 0.05) is 24.7 Å².